The predicted molar refractivity (Wildman–Crippen MR) is 325 cm³/mol. The summed E-state index contributed by atoms with van der Waals surface area (Å²) in [6, 6.07) is 55.7. The van der Waals surface area contributed by atoms with Gasteiger partial charge in [0.15, 0.2) is 0 Å². The third-order valence-corrected chi connectivity index (χ3v) is 20.0. The molecule has 4 aliphatic rings. The summed E-state index contributed by atoms with van der Waals surface area (Å²) >= 11 is 1.94. The molecule has 0 amide bonds. The number of benzene rings is 8. The van der Waals surface area contributed by atoms with Gasteiger partial charge in [-0.25, -0.2) is 0 Å². The highest BCUT2D eigenvalue weighted by Gasteiger charge is 2.51. The zero-order valence-corrected chi connectivity index (χ0v) is 46.7. The number of rotatable bonds is 3. The molecule has 6 heteroatoms. The molecule has 0 bridgehead atoms. The Morgan fingerprint density at radius 2 is 1.05 bits per heavy atom. The summed E-state index contributed by atoms with van der Waals surface area (Å²) in [5.74, 6) is 0. The number of nitrogens with zero attached hydrogens (tertiary/aromatic N) is 2. The largest absolute Gasteiger partial charge is 0.466 e. The van der Waals surface area contributed by atoms with Crippen LogP contribution >= 0.6 is 11.3 Å². The highest BCUT2D eigenvalue weighted by Crippen LogP contribution is 2.57. The summed E-state index contributed by atoms with van der Waals surface area (Å²) < 4.78 is 17.7. The molecule has 0 saturated heterocycles. The smallest absolute Gasteiger partial charge is 0.376 e. The topological polar surface area (TPSA) is 32.8 Å². The van der Waals surface area contributed by atoms with Crippen molar-refractivity contribution in [2.45, 2.75) is 129 Å². The van der Waals surface area contributed by atoms with Crippen molar-refractivity contribution in [3.8, 4) is 22.3 Å². The van der Waals surface area contributed by atoms with E-state index in [9.17, 15) is 0 Å². The van der Waals surface area contributed by atoms with Gasteiger partial charge in [-0.1, -0.05) is 149 Å². The summed E-state index contributed by atoms with van der Waals surface area (Å²) in [6.45, 7) is 26.1. The van der Waals surface area contributed by atoms with E-state index < -0.39 is 0 Å². The van der Waals surface area contributed by atoms with Crippen molar-refractivity contribution >= 4 is 111 Å². The fourth-order valence-corrected chi connectivity index (χ4v) is 15.3. The van der Waals surface area contributed by atoms with Gasteiger partial charge in [0.2, 0.25) is 0 Å². The first-order valence-corrected chi connectivity index (χ1v) is 28.6. The Morgan fingerprint density at radius 3 is 1.72 bits per heavy atom. The van der Waals surface area contributed by atoms with Crippen molar-refractivity contribution in [2.75, 3.05) is 9.71 Å². The molecule has 2 aliphatic carbocycles. The zero-order chi connectivity index (χ0) is 52.2. The van der Waals surface area contributed by atoms with E-state index in [1.807, 2.05) is 11.3 Å². The first kappa shape index (κ1) is 46.3. The maximum absolute atomic E-state index is 7.75. The van der Waals surface area contributed by atoms with Gasteiger partial charge in [0, 0.05) is 70.2 Å². The summed E-state index contributed by atoms with van der Waals surface area (Å²) in [6.07, 6.45) is 4.62. The van der Waals surface area contributed by atoms with Crippen LogP contribution in [0.2, 0.25) is 0 Å². The lowest BCUT2D eigenvalue weighted by molar-refractivity contribution is 0.332. The second kappa shape index (κ2) is 15.3. The molecule has 8 aromatic carbocycles. The standard InChI is InChI=1S/C70H65BN2O2S/c1-66(2,3)42-23-27-43(28-24-42)72-56-36-48-45-19-15-16-20-57(45)74-64(48)61-49-33-46-47-34-51-54(70(10,11)32-30-67(51,4)5)38-59(47)76-60(46)39-55(49)73(44-25-21-41(22-26-44)40-17-13-12-14-18-40)71(62(56)61)65-63(72)50-35-52-53(37-58(50)75-65)69(8,9)31-29-68(52,6)7/h12-28,33-39H,29-32H2,1-11H3. The SMILES string of the molecule is CC(C)(C)c1ccc(N2c3cc4c(oc5ccccc54)c4c3B(c3oc5cc6c(cc5c32)C(C)(C)CCC6(C)C)N(c2ccc(-c3ccccc3)cc2)c2cc3sc5cc6c(cc5c3cc2-4)C(C)(C)CCC6(C)C)cc1. The molecule has 0 saturated carbocycles. The normalized spacial score (nSPS) is 17.8. The van der Waals surface area contributed by atoms with Crippen molar-refractivity contribution in [2.24, 2.45) is 0 Å². The lowest BCUT2D eigenvalue weighted by Gasteiger charge is -2.44. The molecule has 2 aliphatic heterocycles. The average molecular weight is 1010 g/mol. The van der Waals surface area contributed by atoms with Crippen LogP contribution in [-0.4, -0.2) is 6.85 Å². The molecule has 0 radical (unpaired) electrons. The summed E-state index contributed by atoms with van der Waals surface area (Å²) in [5, 5.41) is 6.04. The Labute approximate surface area is 451 Å². The number of hydrogen-bond acceptors (Lipinski definition) is 5. The Bertz CT molecular complexity index is 4270. The second-order valence-electron chi connectivity index (χ2n) is 26.6. The summed E-state index contributed by atoms with van der Waals surface area (Å²) in [5.41, 5.74) is 22.6. The number of furan rings is 2. The Hall–Kier alpha value is -7.02. The number of fused-ring (bicyclic) bond motifs is 15. The number of thiophene rings is 1. The van der Waals surface area contributed by atoms with Gasteiger partial charge in [-0.3, -0.25) is 0 Å². The van der Waals surface area contributed by atoms with Gasteiger partial charge in [-0.2, -0.15) is 0 Å². The minimum absolute atomic E-state index is 0.000708. The Balaban J connectivity index is 1.10. The van der Waals surface area contributed by atoms with Gasteiger partial charge in [0.1, 0.15) is 22.4 Å². The van der Waals surface area contributed by atoms with Gasteiger partial charge in [0.05, 0.1) is 5.69 Å². The van der Waals surface area contributed by atoms with E-state index in [1.54, 1.807) is 0 Å². The second-order valence-corrected chi connectivity index (χ2v) is 27.7. The Morgan fingerprint density at radius 1 is 0.487 bits per heavy atom. The quantitative estimate of drug-likeness (QED) is 0.165. The number of para-hydroxylation sites is 1. The van der Waals surface area contributed by atoms with Crippen molar-refractivity contribution in [1.29, 1.82) is 0 Å². The van der Waals surface area contributed by atoms with Crippen LogP contribution < -0.4 is 20.8 Å². The van der Waals surface area contributed by atoms with Gasteiger partial charge >= 0.3 is 6.85 Å². The fourth-order valence-electron chi connectivity index (χ4n) is 14.2. The third kappa shape index (κ3) is 6.49. The molecular weight excluding hydrogens is 944 g/mol. The van der Waals surface area contributed by atoms with E-state index in [0.717, 1.165) is 85.4 Å². The Kier molecular flexibility index (Phi) is 9.35. The molecule has 5 heterocycles. The van der Waals surface area contributed by atoms with Crippen molar-refractivity contribution < 1.29 is 8.83 Å². The molecule has 11 aromatic rings. The molecule has 376 valence electrons. The van der Waals surface area contributed by atoms with Crippen LogP contribution in [0, 0.1) is 0 Å². The van der Waals surface area contributed by atoms with Crippen molar-refractivity contribution in [3.63, 3.8) is 0 Å². The maximum Gasteiger partial charge on any atom is 0.376 e. The molecule has 76 heavy (non-hydrogen) atoms. The molecular formula is C70H65BN2O2S. The molecule has 0 unspecified atom stereocenters. The maximum atomic E-state index is 7.75. The molecule has 0 N–H and O–H groups in total. The number of anilines is 5. The van der Waals surface area contributed by atoms with Gasteiger partial charge in [-0.15, -0.1) is 11.3 Å². The van der Waals surface area contributed by atoms with E-state index in [1.165, 1.54) is 83.0 Å². The van der Waals surface area contributed by atoms with E-state index in [2.05, 4.69) is 231 Å². The monoisotopic (exact) mass is 1010 g/mol. The van der Waals surface area contributed by atoms with Crippen molar-refractivity contribution in [3.05, 3.63) is 173 Å². The highest BCUT2D eigenvalue weighted by molar-refractivity contribution is 7.26. The summed E-state index contributed by atoms with van der Waals surface area (Å²) in [4.78, 5) is 5.19. The average Bonchev–Trinajstić information content (AvgIpc) is 4.09. The molecule has 0 spiro atoms. The first-order valence-electron chi connectivity index (χ1n) is 27.8. The van der Waals surface area contributed by atoms with Gasteiger partial charge in [0.25, 0.3) is 0 Å². The van der Waals surface area contributed by atoms with Crippen LogP contribution in [0.4, 0.5) is 28.4 Å². The van der Waals surface area contributed by atoms with Crippen molar-refractivity contribution in [1.82, 2.24) is 0 Å². The summed E-state index contributed by atoms with van der Waals surface area (Å²) in [7, 11) is 0. The zero-order valence-electron chi connectivity index (χ0n) is 45.9. The van der Waals surface area contributed by atoms with Gasteiger partial charge in [-0.05, 0) is 170 Å². The van der Waals surface area contributed by atoms with Crippen LogP contribution in [0.3, 0.4) is 0 Å². The lowest BCUT2D eigenvalue weighted by atomic mass is 9.45. The van der Waals surface area contributed by atoms with E-state index in [4.69, 9.17) is 8.83 Å². The van der Waals surface area contributed by atoms with Crippen LogP contribution in [0.5, 0.6) is 0 Å². The minimum Gasteiger partial charge on any atom is -0.466 e. The molecule has 0 fully saturated rings. The minimum atomic E-state index is -0.344. The third-order valence-electron chi connectivity index (χ3n) is 18.9. The highest BCUT2D eigenvalue weighted by atomic mass is 32.1. The molecule has 4 nitrogen and oxygen atoms in total. The molecule has 15 rings (SSSR count). The fraction of sp³-hybridized carbons (Fsp3) is 0.286. The predicted octanol–water partition coefficient (Wildman–Crippen LogP) is 19.1. The first-order chi connectivity index (χ1) is 36.3. The van der Waals surface area contributed by atoms with E-state index >= 15 is 0 Å². The van der Waals surface area contributed by atoms with E-state index in [-0.39, 0.29) is 33.9 Å². The van der Waals surface area contributed by atoms with Crippen LogP contribution in [0.1, 0.15) is 130 Å². The molecule has 0 atom stereocenters. The van der Waals surface area contributed by atoms with Crippen LogP contribution in [0.15, 0.2) is 154 Å². The van der Waals surface area contributed by atoms with Crippen LogP contribution in [0.25, 0.3) is 75.3 Å². The van der Waals surface area contributed by atoms with Crippen LogP contribution in [-0.2, 0) is 27.1 Å². The lowest BCUT2D eigenvalue weighted by Crippen LogP contribution is -2.61. The van der Waals surface area contributed by atoms with E-state index in [0.29, 0.717) is 0 Å². The molecule has 3 aromatic heterocycles. The van der Waals surface area contributed by atoms with Gasteiger partial charge < -0.3 is 18.5 Å². The number of hydrogen-bond donors (Lipinski definition) is 0.